The maximum Gasteiger partial charge on any atom is 0.264 e. The van der Waals surface area contributed by atoms with Crippen LogP contribution in [0.15, 0.2) is 71.6 Å². The van der Waals surface area contributed by atoms with Gasteiger partial charge in [-0.1, -0.05) is 71.6 Å². The number of anilines is 1. The summed E-state index contributed by atoms with van der Waals surface area (Å²) in [4.78, 5) is 28.3. The first kappa shape index (κ1) is 30.8. The number of benzene rings is 3. The lowest BCUT2D eigenvalue weighted by Crippen LogP contribution is -2.52. The van der Waals surface area contributed by atoms with Crippen LogP contribution in [-0.4, -0.2) is 44.3 Å². The lowest BCUT2D eigenvalue weighted by molar-refractivity contribution is -0.140. The summed E-state index contributed by atoms with van der Waals surface area (Å²) >= 11 is 18.4. The van der Waals surface area contributed by atoms with Gasteiger partial charge < -0.3 is 10.2 Å². The Bertz CT molecular complexity index is 1410. The van der Waals surface area contributed by atoms with E-state index in [-0.39, 0.29) is 33.1 Å². The van der Waals surface area contributed by atoms with Gasteiger partial charge in [0.25, 0.3) is 10.0 Å². The van der Waals surface area contributed by atoms with Gasteiger partial charge in [0.15, 0.2) is 0 Å². The van der Waals surface area contributed by atoms with Crippen LogP contribution in [0.1, 0.15) is 31.4 Å². The second-order valence-electron chi connectivity index (χ2n) is 8.89. The Labute approximate surface area is 244 Å². The van der Waals surface area contributed by atoms with Crippen LogP contribution in [0.3, 0.4) is 0 Å². The zero-order chi connectivity index (χ0) is 28.7. The third-order valence-electron chi connectivity index (χ3n) is 6.08. The second kappa shape index (κ2) is 13.5. The number of hydrogen-bond acceptors (Lipinski definition) is 4. The summed E-state index contributed by atoms with van der Waals surface area (Å²) in [6.45, 7) is 5.31. The molecule has 0 saturated carbocycles. The summed E-state index contributed by atoms with van der Waals surface area (Å²) in [6.07, 6.45) is 0.322. The lowest BCUT2D eigenvalue weighted by Gasteiger charge is -2.33. The number of hydrogen-bond donors (Lipinski definition) is 1. The standard InChI is InChI=1S/C28H30Cl3N3O4S/c1-4-26(28(36)32-5-2)33(17-20-8-10-21(29)11-9-20)27(35)18-34(22-12-15-24(30)25(31)16-22)39(37,38)23-13-6-19(3)7-14-23/h6-16,26H,4-5,17-18H2,1-3H3,(H,32,36). The summed E-state index contributed by atoms with van der Waals surface area (Å²) in [7, 11) is -4.20. The van der Waals surface area contributed by atoms with Crippen molar-refractivity contribution in [2.75, 3.05) is 17.4 Å². The third kappa shape index (κ3) is 7.66. The molecule has 0 spiro atoms. The number of amides is 2. The molecule has 0 aliphatic heterocycles. The molecule has 1 N–H and O–H groups in total. The van der Waals surface area contributed by atoms with E-state index in [1.165, 1.54) is 35.2 Å². The molecule has 1 atom stereocenters. The summed E-state index contributed by atoms with van der Waals surface area (Å²) in [5.74, 6) is -0.894. The summed E-state index contributed by atoms with van der Waals surface area (Å²) < 4.78 is 28.7. The number of carbonyl (C=O) groups is 2. The van der Waals surface area contributed by atoms with Gasteiger partial charge in [-0.05, 0) is 68.3 Å². The molecule has 3 aromatic rings. The number of nitrogens with one attached hydrogen (secondary N) is 1. The molecule has 1 unspecified atom stereocenters. The quantitative estimate of drug-likeness (QED) is 0.285. The van der Waals surface area contributed by atoms with Crippen LogP contribution in [0.4, 0.5) is 5.69 Å². The van der Waals surface area contributed by atoms with E-state index in [0.29, 0.717) is 18.0 Å². The fourth-order valence-electron chi connectivity index (χ4n) is 4.00. The average molecular weight is 611 g/mol. The lowest BCUT2D eigenvalue weighted by atomic mass is 10.1. The maximum atomic E-state index is 13.9. The van der Waals surface area contributed by atoms with Crippen molar-refractivity contribution in [3.05, 3.63) is 92.9 Å². The van der Waals surface area contributed by atoms with E-state index < -0.39 is 28.5 Å². The first-order valence-corrected chi connectivity index (χ1v) is 14.9. The van der Waals surface area contributed by atoms with Gasteiger partial charge in [-0.15, -0.1) is 0 Å². The fraction of sp³-hybridized carbons (Fsp3) is 0.286. The monoisotopic (exact) mass is 609 g/mol. The van der Waals surface area contributed by atoms with Gasteiger partial charge in [-0.2, -0.15) is 0 Å². The fourth-order valence-corrected chi connectivity index (χ4v) is 5.83. The molecule has 3 rings (SSSR count). The number of halogens is 3. The number of nitrogens with zero attached hydrogens (tertiary/aromatic N) is 2. The van der Waals surface area contributed by atoms with Gasteiger partial charge in [-0.3, -0.25) is 13.9 Å². The molecule has 0 bridgehead atoms. The van der Waals surface area contributed by atoms with Crippen molar-refractivity contribution in [3.8, 4) is 0 Å². The Hall–Kier alpha value is -2.78. The molecule has 0 radical (unpaired) electrons. The highest BCUT2D eigenvalue weighted by Gasteiger charge is 2.33. The van der Waals surface area contributed by atoms with Gasteiger partial charge in [-0.25, -0.2) is 8.42 Å². The zero-order valence-electron chi connectivity index (χ0n) is 21.8. The molecule has 2 amide bonds. The highest BCUT2D eigenvalue weighted by atomic mass is 35.5. The van der Waals surface area contributed by atoms with E-state index in [2.05, 4.69) is 5.32 Å². The minimum absolute atomic E-state index is 0.00647. The summed E-state index contributed by atoms with van der Waals surface area (Å²) in [5.41, 5.74) is 1.78. The van der Waals surface area contributed by atoms with E-state index in [1.807, 2.05) is 6.92 Å². The summed E-state index contributed by atoms with van der Waals surface area (Å²) in [6, 6.07) is 16.7. The second-order valence-corrected chi connectivity index (χ2v) is 12.0. The van der Waals surface area contributed by atoms with E-state index >= 15 is 0 Å². The van der Waals surface area contributed by atoms with Crippen molar-refractivity contribution in [2.45, 2.75) is 44.7 Å². The predicted molar refractivity (Wildman–Crippen MR) is 157 cm³/mol. The molecule has 7 nitrogen and oxygen atoms in total. The SMILES string of the molecule is CCNC(=O)C(CC)N(Cc1ccc(Cl)cc1)C(=O)CN(c1ccc(Cl)c(Cl)c1)S(=O)(=O)c1ccc(C)cc1. The average Bonchev–Trinajstić information content (AvgIpc) is 2.90. The van der Waals surface area contributed by atoms with Crippen molar-refractivity contribution in [3.63, 3.8) is 0 Å². The number of rotatable bonds is 11. The van der Waals surface area contributed by atoms with Crippen LogP contribution >= 0.6 is 34.8 Å². The minimum atomic E-state index is -4.20. The van der Waals surface area contributed by atoms with Crippen LogP contribution in [-0.2, 0) is 26.2 Å². The molecule has 0 aliphatic carbocycles. The molecule has 0 heterocycles. The van der Waals surface area contributed by atoms with Crippen LogP contribution < -0.4 is 9.62 Å². The van der Waals surface area contributed by atoms with E-state index in [9.17, 15) is 18.0 Å². The van der Waals surface area contributed by atoms with Gasteiger partial charge in [0.2, 0.25) is 11.8 Å². The molecule has 0 aliphatic rings. The molecule has 11 heteroatoms. The van der Waals surface area contributed by atoms with E-state index in [1.54, 1.807) is 50.2 Å². The third-order valence-corrected chi connectivity index (χ3v) is 8.86. The van der Waals surface area contributed by atoms with Crippen LogP contribution in [0.2, 0.25) is 15.1 Å². The summed E-state index contributed by atoms with van der Waals surface area (Å²) in [5, 5.41) is 3.68. The van der Waals surface area contributed by atoms with Gasteiger partial charge in [0.1, 0.15) is 12.6 Å². The number of carbonyl (C=O) groups excluding carboxylic acids is 2. The predicted octanol–water partition coefficient (Wildman–Crippen LogP) is 6.09. The largest absolute Gasteiger partial charge is 0.355 e. The van der Waals surface area contributed by atoms with Gasteiger partial charge in [0.05, 0.1) is 20.6 Å². The van der Waals surface area contributed by atoms with Crippen LogP contribution in [0, 0.1) is 6.92 Å². The highest BCUT2D eigenvalue weighted by molar-refractivity contribution is 7.92. The molecular weight excluding hydrogens is 581 g/mol. The highest BCUT2D eigenvalue weighted by Crippen LogP contribution is 2.31. The van der Waals surface area contributed by atoms with Crippen molar-refractivity contribution in [2.24, 2.45) is 0 Å². The topological polar surface area (TPSA) is 86.8 Å². The molecular formula is C28H30Cl3N3O4S. The van der Waals surface area contributed by atoms with Crippen molar-refractivity contribution < 1.29 is 18.0 Å². The number of likely N-dealkylation sites (N-methyl/N-ethyl adjacent to an activating group) is 1. The zero-order valence-corrected chi connectivity index (χ0v) is 24.9. The molecule has 208 valence electrons. The van der Waals surface area contributed by atoms with Crippen LogP contribution in [0.5, 0.6) is 0 Å². The molecule has 0 aromatic heterocycles. The first-order valence-electron chi connectivity index (χ1n) is 12.3. The van der Waals surface area contributed by atoms with Crippen LogP contribution in [0.25, 0.3) is 0 Å². The Balaban J connectivity index is 2.08. The Morgan fingerprint density at radius 3 is 2.10 bits per heavy atom. The maximum absolute atomic E-state index is 13.9. The van der Waals surface area contributed by atoms with Crippen molar-refractivity contribution >= 4 is 62.3 Å². The van der Waals surface area contributed by atoms with Gasteiger partial charge in [0, 0.05) is 18.1 Å². The Morgan fingerprint density at radius 1 is 0.897 bits per heavy atom. The Kier molecular flexibility index (Phi) is 10.7. The first-order chi connectivity index (χ1) is 18.5. The van der Waals surface area contributed by atoms with Crippen molar-refractivity contribution in [1.82, 2.24) is 10.2 Å². The number of sulfonamides is 1. The molecule has 0 saturated heterocycles. The van der Waals surface area contributed by atoms with Gasteiger partial charge >= 0.3 is 0 Å². The number of aryl methyl sites for hydroxylation is 1. The Morgan fingerprint density at radius 2 is 1.54 bits per heavy atom. The molecule has 3 aromatic carbocycles. The van der Waals surface area contributed by atoms with E-state index in [4.69, 9.17) is 34.8 Å². The molecule has 39 heavy (non-hydrogen) atoms. The molecule has 0 fully saturated rings. The van der Waals surface area contributed by atoms with Crippen molar-refractivity contribution in [1.29, 1.82) is 0 Å². The normalized spacial score (nSPS) is 12.1. The smallest absolute Gasteiger partial charge is 0.264 e. The minimum Gasteiger partial charge on any atom is -0.355 e. The van der Waals surface area contributed by atoms with E-state index in [0.717, 1.165) is 15.4 Å².